The monoisotopic (exact) mass is 851 g/mol. The van der Waals surface area contributed by atoms with Crippen LogP contribution in [0, 0.1) is 5.92 Å². The number of benzene rings is 8. The van der Waals surface area contributed by atoms with Crippen molar-refractivity contribution in [3.63, 3.8) is 0 Å². The summed E-state index contributed by atoms with van der Waals surface area (Å²) in [5.41, 5.74) is 20.4. The Kier molecular flexibility index (Phi) is 9.61. The molecule has 12 rings (SSSR count). The highest BCUT2D eigenvalue weighted by atomic mass is 32.2. The molecule has 1 heterocycles. The van der Waals surface area contributed by atoms with Crippen LogP contribution in [-0.4, -0.2) is 5.25 Å². The molecule has 8 aromatic carbocycles. The van der Waals surface area contributed by atoms with Gasteiger partial charge in [-0.25, -0.2) is 0 Å². The second-order valence-corrected chi connectivity index (χ2v) is 19.3. The minimum absolute atomic E-state index is 0.176. The van der Waals surface area contributed by atoms with Crippen LogP contribution >= 0.6 is 11.8 Å². The van der Waals surface area contributed by atoms with E-state index in [4.69, 9.17) is 0 Å². The summed E-state index contributed by atoms with van der Waals surface area (Å²) < 4.78 is 0. The summed E-state index contributed by atoms with van der Waals surface area (Å²) in [4.78, 5) is 3.85. The van der Waals surface area contributed by atoms with Crippen LogP contribution < -0.4 is 4.90 Å². The molecule has 312 valence electrons. The predicted octanol–water partition coefficient (Wildman–Crippen LogP) is 16.3. The van der Waals surface area contributed by atoms with Crippen molar-refractivity contribution in [3.8, 4) is 22.3 Å². The highest BCUT2D eigenvalue weighted by Gasteiger charge is 2.55. The number of hydrogen-bond acceptors (Lipinski definition) is 2. The molecule has 0 saturated carbocycles. The Bertz CT molecular complexity index is 3160. The molecule has 0 bridgehead atoms. The van der Waals surface area contributed by atoms with E-state index in [2.05, 4.69) is 267 Å². The lowest BCUT2D eigenvalue weighted by atomic mass is 9.64. The molecule has 65 heavy (non-hydrogen) atoms. The fourth-order valence-corrected chi connectivity index (χ4v) is 13.2. The summed E-state index contributed by atoms with van der Waals surface area (Å²) in [6.07, 6.45) is 10.6. The van der Waals surface area contributed by atoms with Crippen LogP contribution in [0.2, 0.25) is 0 Å². The average Bonchev–Trinajstić information content (AvgIpc) is 3.85. The maximum absolute atomic E-state index is 2.53. The van der Waals surface area contributed by atoms with Gasteiger partial charge in [0.05, 0.1) is 5.41 Å². The molecule has 0 N–H and O–H groups in total. The normalized spacial score (nSPS) is 20.0. The largest absolute Gasteiger partial charge is 0.314 e. The van der Waals surface area contributed by atoms with Crippen LogP contribution in [-0.2, 0) is 10.8 Å². The Hall–Kier alpha value is -7.13. The standard InChI is InChI=1S/C63H49NS/c1-43-42-52(38-39-53(43)46-20-9-4-10-21-46)64(50-34-30-45(31-35-50)44-18-7-3-8-19-44)51-36-32-47(33-37-51)54-27-17-29-58-60(54)65-61-59-55-26-15-16-28-56(55)63(48-22-11-5-12-23-48,49-24-13-6-14-25-49)57(59)40-41-62(58,61)2/h3-41,43,61H,42H2,1-2H3. The lowest BCUT2D eigenvalue weighted by Crippen LogP contribution is -2.34. The Morgan fingerprint density at radius 3 is 1.65 bits per heavy atom. The van der Waals surface area contributed by atoms with Crippen molar-refractivity contribution in [2.45, 2.75) is 41.2 Å². The predicted molar refractivity (Wildman–Crippen MR) is 274 cm³/mol. The van der Waals surface area contributed by atoms with E-state index in [0.29, 0.717) is 5.92 Å². The first-order chi connectivity index (χ1) is 32.0. The minimum atomic E-state index is -0.404. The van der Waals surface area contributed by atoms with Crippen LogP contribution in [0.3, 0.4) is 0 Å². The van der Waals surface area contributed by atoms with Gasteiger partial charge in [0.2, 0.25) is 0 Å². The Morgan fingerprint density at radius 1 is 0.492 bits per heavy atom. The zero-order valence-electron chi connectivity index (χ0n) is 36.7. The number of allylic oxidation sites excluding steroid dienone is 7. The third-order valence-electron chi connectivity index (χ3n) is 14.5. The summed E-state index contributed by atoms with van der Waals surface area (Å²) in [5.74, 6) is 0.374. The Balaban J connectivity index is 0.936. The first-order valence-corrected chi connectivity index (χ1v) is 23.9. The van der Waals surface area contributed by atoms with Crippen molar-refractivity contribution >= 4 is 34.3 Å². The number of fused-ring (bicyclic) bond motifs is 6. The molecule has 0 amide bonds. The van der Waals surface area contributed by atoms with Gasteiger partial charge in [0, 0.05) is 32.6 Å². The molecule has 0 saturated heterocycles. The van der Waals surface area contributed by atoms with Crippen molar-refractivity contribution in [2.75, 3.05) is 4.90 Å². The first-order valence-electron chi connectivity index (χ1n) is 23.0. The molecule has 0 radical (unpaired) electrons. The van der Waals surface area contributed by atoms with Crippen LogP contribution in [0.25, 0.3) is 33.4 Å². The smallest absolute Gasteiger partial charge is 0.0710 e. The lowest BCUT2D eigenvalue weighted by molar-refractivity contribution is 0.621. The van der Waals surface area contributed by atoms with E-state index in [9.17, 15) is 0 Å². The van der Waals surface area contributed by atoms with E-state index in [0.717, 1.165) is 17.8 Å². The Labute approximate surface area is 387 Å². The van der Waals surface area contributed by atoms with Crippen LogP contribution in [0.1, 0.15) is 53.6 Å². The number of rotatable bonds is 8. The van der Waals surface area contributed by atoms with Crippen molar-refractivity contribution in [3.05, 3.63) is 281 Å². The van der Waals surface area contributed by atoms with Crippen LogP contribution in [0.5, 0.6) is 0 Å². The van der Waals surface area contributed by atoms with Crippen LogP contribution in [0.4, 0.5) is 11.4 Å². The molecule has 4 aliphatic rings. The number of nitrogens with zero attached hydrogens (tertiary/aromatic N) is 1. The van der Waals surface area contributed by atoms with Gasteiger partial charge >= 0.3 is 0 Å². The van der Waals surface area contributed by atoms with E-state index < -0.39 is 5.41 Å². The van der Waals surface area contributed by atoms with E-state index >= 15 is 0 Å². The molecule has 0 spiro atoms. The highest BCUT2D eigenvalue weighted by Crippen LogP contribution is 2.65. The number of anilines is 2. The van der Waals surface area contributed by atoms with Gasteiger partial charge in [-0.15, -0.1) is 11.8 Å². The topological polar surface area (TPSA) is 3.24 Å². The van der Waals surface area contributed by atoms with E-state index in [-0.39, 0.29) is 10.7 Å². The maximum Gasteiger partial charge on any atom is 0.0710 e. The molecule has 1 aliphatic heterocycles. The SMILES string of the molecule is CC1CC(N(c2ccc(-c3ccccc3)cc2)c2ccc(-c3cccc4c3SC3C5=C(C=CC43C)C(c3ccccc3)(c3ccccc3)c3ccccc35)cc2)=CC=C1c1ccccc1. The van der Waals surface area contributed by atoms with Gasteiger partial charge in [0.25, 0.3) is 0 Å². The van der Waals surface area contributed by atoms with Crippen LogP contribution in [0.15, 0.2) is 253 Å². The molecule has 3 unspecified atom stereocenters. The molecule has 3 atom stereocenters. The van der Waals surface area contributed by atoms with Gasteiger partial charge < -0.3 is 4.90 Å². The first kappa shape index (κ1) is 39.5. The minimum Gasteiger partial charge on any atom is -0.314 e. The zero-order chi connectivity index (χ0) is 43.5. The van der Waals surface area contributed by atoms with Gasteiger partial charge in [-0.1, -0.05) is 220 Å². The van der Waals surface area contributed by atoms with Crippen molar-refractivity contribution < 1.29 is 0 Å². The van der Waals surface area contributed by atoms with Gasteiger partial charge in [-0.2, -0.15) is 0 Å². The van der Waals surface area contributed by atoms with E-state index in [1.165, 1.54) is 82.9 Å². The van der Waals surface area contributed by atoms with Crippen molar-refractivity contribution in [2.24, 2.45) is 5.92 Å². The van der Waals surface area contributed by atoms with Crippen molar-refractivity contribution in [1.82, 2.24) is 0 Å². The second-order valence-electron chi connectivity index (χ2n) is 18.2. The molecule has 2 heteroatoms. The van der Waals surface area contributed by atoms with Crippen molar-refractivity contribution in [1.29, 1.82) is 0 Å². The average molecular weight is 852 g/mol. The van der Waals surface area contributed by atoms with Gasteiger partial charge in [-0.05, 0) is 115 Å². The lowest BCUT2D eigenvalue weighted by Gasteiger charge is -2.38. The van der Waals surface area contributed by atoms with Gasteiger partial charge in [-0.3, -0.25) is 0 Å². The molecule has 8 aromatic rings. The molecular formula is C63H49NS. The summed E-state index contributed by atoms with van der Waals surface area (Å²) in [7, 11) is 0. The third kappa shape index (κ3) is 6.30. The highest BCUT2D eigenvalue weighted by molar-refractivity contribution is 8.01. The quantitative estimate of drug-likeness (QED) is 0.150. The Morgan fingerprint density at radius 2 is 1.02 bits per heavy atom. The van der Waals surface area contributed by atoms with Gasteiger partial charge in [0.1, 0.15) is 0 Å². The number of hydrogen-bond donors (Lipinski definition) is 0. The van der Waals surface area contributed by atoms with E-state index in [1.54, 1.807) is 0 Å². The fourth-order valence-electron chi connectivity index (χ4n) is 11.4. The molecule has 0 fully saturated rings. The summed E-state index contributed by atoms with van der Waals surface area (Å²) >= 11 is 2.06. The molecule has 1 nitrogen and oxygen atoms in total. The second kappa shape index (κ2) is 15.8. The molecule has 0 aromatic heterocycles. The number of thioether (sulfide) groups is 1. The maximum atomic E-state index is 2.53. The zero-order valence-corrected chi connectivity index (χ0v) is 37.6. The van der Waals surface area contributed by atoms with Gasteiger partial charge in [0.15, 0.2) is 0 Å². The summed E-state index contributed by atoms with van der Waals surface area (Å²) in [5, 5.41) is 0.219. The van der Waals surface area contributed by atoms with E-state index in [1.807, 2.05) is 0 Å². The molecule has 3 aliphatic carbocycles. The summed E-state index contributed by atoms with van der Waals surface area (Å²) in [6.45, 7) is 4.83. The fraction of sp³-hybridized carbons (Fsp3) is 0.111. The summed E-state index contributed by atoms with van der Waals surface area (Å²) in [6, 6.07) is 78.5. The molecular weight excluding hydrogens is 803 g/mol. The third-order valence-corrected chi connectivity index (χ3v) is 16.2.